The lowest BCUT2D eigenvalue weighted by molar-refractivity contribution is -0.137. The fourth-order valence-corrected chi connectivity index (χ4v) is 2.94. The Balaban J connectivity index is 3.18. The second-order valence-corrected chi connectivity index (χ2v) is 6.32. The first-order valence-corrected chi connectivity index (χ1v) is 6.85. The molecule has 0 fully saturated rings. The maximum atomic E-state index is 12.5. The van der Waals surface area contributed by atoms with Crippen molar-refractivity contribution in [1.82, 2.24) is 0 Å². The van der Waals surface area contributed by atoms with Crippen LogP contribution in [0.1, 0.15) is 18.9 Å². The largest absolute Gasteiger partial charge is 0.416 e. The first-order valence-electron chi connectivity index (χ1n) is 5.31. The Bertz CT molecular complexity index is 511. The van der Waals surface area contributed by atoms with Crippen molar-refractivity contribution < 1.29 is 21.6 Å². The number of rotatable bonds is 4. The van der Waals surface area contributed by atoms with Gasteiger partial charge in [-0.1, -0.05) is 6.07 Å². The van der Waals surface area contributed by atoms with E-state index in [1.165, 1.54) is 6.92 Å². The zero-order valence-corrected chi connectivity index (χ0v) is 10.6. The van der Waals surface area contributed by atoms with Crippen LogP contribution in [0.5, 0.6) is 0 Å². The highest BCUT2D eigenvalue weighted by Gasteiger charge is 2.32. The van der Waals surface area contributed by atoms with Crippen LogP contribution in [0.15, 0.2) is 29.2 Å². The first-order chi connectivity index (χ1) is 8.19. The van der Waals surface area contributed by atoms with E-state index in [2.05, 4.69) is 0 Å². The number of benzene rings is 1. The molecule has 0 heterocycles. The van der Waals surface area contributed by atoms with E-state index in [1.807, 2.05) is 0 Å². The molecule has 18 heavy (non-hydrogen) atoms. The Labute approximate surface area is 104 Å². The third-order valence-corrected chi connectivity index (χ3v) is 4.80. The molecule has 0 aromatic heterocycles. The van der Waals surface area contributed by atoms with Crippen molar-refractivity contribution in [3.63, 3.8) is 0 Å². The molecule has 7 heteroatoms. The fraction of sp³-hybridized carbons (Fsp3) is 0.455. The highest BCUT2D eigenvalue weighted by atomic mass is 32.2. The number of alkyl halides is 3. The lowest BCUT2D eigenvalue weighted by Gasteiger charge is -2.13. The summed E-state index contributed by atoms with van der Waals surface area (Å²) in [4.78, 5) is -0.321. The van der Waals surface area contributed by atoms with Crippen LogP contribution >= 0.6 is 0 Å². The van der Waals surface area contributed by atoms with Crippen molar-refractivity contribution in [2.75, 3.05) is 6.54 Å². The summed E-state index contributed by atoms with van der Waals surface area (Å²) in [5, 5.41) is -0.800. The summed E-state index contributed by atoms with van der Waals surface area (Å²) in [7, 11) is -3.76. The van der Waals surface area contributed by atoms with Gasteiger partial charge in [0.25, 0.3) is 0 Å². The van der Waals surface area contributed by atoms with Gasteiger partial charge in [0.2, 0.25) is 0 Å². The van der Waals surface area contributed by atoms with Crippen molar-refractivity contribution in [3.05, 3.63) is 29.8 Å². The lowest BCUT2D eigenvalue weighted by atomic mass is 10.2. The molecule has 1 rings (SSSR count). The molecular weight excluding hydrogens is 267 g/mol. The molecule has 1 atom stereocenters. The van der Waals surface area contributed by atoms with Gasteiger partial charge in [-0.25, -0.2) is 8.42 Å². The van der Waals surface area contributed by atoms with E-state index in [4.69, 9.17) is 5.73 Å². The van der Waals surface area contributed by atoms with E-state index < -0.39 is 26.8 Å². The molecule has 0 aliphatic carbocycles. The van der Waals surface area contributed by atoms with Gasteiger partial charge in [-0.15, -0.1) is 0 Å². The minimum Gasteiger partial charge on any atom is -0.330 e. The molecule has 102 valence electrons. The van der Waals surface area contributed by atoms with Gasteiger partial charge < -0.3 is 5.73 Å². The minimum atomic E-state index is -4.55. The molecule has 0 aliphatic rings. The summed E-state index contributed by atoms with van der Waals surface area (Å²) in [6.07, 6.45) is -4.35. The molecule has 3 nitrogen and oxygen atoms in total. The normalized spacial score (nSPS) is 14.5. The van der Waals surface area contributed by atoms with Crippen LogP contribution in [0.3, 0.4) is 0 Å². The Morgan fingerprint density at radius 2 is 1.94 bits per heavy atom. The van der Waals surface area contributed by atoms with Gasteiger partial charge in [-0.2, -0.15) is 13.2 Å². The number of sulfone groups is 1. The Kier molecular flexibility index (Phi) is 4.39. The molecule has 0 bridgehead atoms. The SMILES string of the molecule is CC(CCN)S(=O)(=O)c1cccc(C(F)(F)F)c1. The van der Waals surface area contributed by atoms with Gasteiger partial charge in [-0.3, -0.25) is 0 Å². The third-order valence-electron chi connectivity index (χ3n) is 2.59. The second-order valence-electron chi connectivity index (χ2n) is 3.96. The number of nitrogens with two attached hydrogens (primary N) is 1. The predicted octanol–water partition coefficient (Wildman–Crippen LogP) is 2.22. The van der Waals surface area contributed by atoms with Crippen LogP contribution in [-0.2, 0) is 16.0 Å². The van der Waals surface area contributed by atoms with E-state index in [0.29, 0.717) is 6.07 Å². The summed E-state index contributed by atoms with van der Waals surface area (Å²) >= 11 is 0. The number of hydrogen-bond acceptors (Lipinski definition) is 3. The van der Waals surface area contributed by atoms with E-state index in [1.54, 1.807) is 0 Å². The average Bonchev–Trinajstić information content (AvgIpc) is 2.28. The highest BCUT2D eigenvalue weighted by Crippen LogP contribution is 2.31. The first kappa shape index (κ1) is 15.0. The number of hydrogen-bond donors (Lipinski definition) is 1. The molecular formula is C11H14F3NO2S. The van der Waals surface area contributed by atoms with Crippen LogP contribution in [0.25, 0.3) is 0 Å². The molecule has 1 aromatic rings. The quantitative estimate of drug-likeness (QED) is 0.920. The van der Waals surface area contributed by atoms with Gasteiger partial charge in [0.05, 0.1) is 15.7 Å². The summed E-state index contributed by atoms with van der Waals surface area (Å²) in [6, 6.07) is 3.75. The smallest absolute Gasteiger partial charge is 0.330 e. The standard InChI is InChI=1S/C11H14F3NO2S/c1-8(5-6-15)18(16,17)10-4-2-3-9(7-10)11(12,13)14/h2-4,7-8H,5-6,15H2,1H3. The van der Waals surface area contributed by atoms with Crippen molar-refractivity contribution in [3.8, 4) is 0 Å². The zero-order valence-electron chi connectivity index (χ0n) is 9.74. The van der Waals surface area contributed by atoms with Crippen LogP contribution in [0.2, 0.25) is 0 Å². The van der Waals surface area contributed by atoms with Gasteiger partial charge in [0, 0.05) is 0 Å². The minimum absolute atomic E-state index is 0.166. The molecule has 0 saturated carbocycles. The van der Waals surface area contributed by atoms with E-state index in [9.17, 15) is 21.6 Å². The topological polar surface area (TPSA) is 60.2 Å². The molecule has 0 radical (unpaired) electrons. The Morgan fingerprint density at radius 3 is 2.44 bits per heavy atom. The van der Waals surface area contributed by atoms with Crippen LogP contribution < -0.4 is 5.73 Å². The monoisotopic (exact) mass is 281 g/mol. The maximum absolute atomic E-state index is 12.5. The Hall–Kier alpha value is -1.08. The van der Waals surface area contributed by atoms with Crippen LogP contribution in [0, 0.1) is 0 Å². The van der Waals surface area contributed by atoms with Gasteiger partial charge in [-0.05, 0) is 38.1 Å². The lowest BCUT2D eigenvalue weighted by Crippen LogP contribution is -2.22. The fourth-order valence-electron chi connectivity index (χ4n) is 1.47. The summed E-state index contributed by atoms with van der Waals surface area (Å²) in [6.45, 7) is 1.60. The van der Waals surface area contributed by atoms with Gasteiger partial charge in [0.1, 0.15) is 0 Å². The van der Waals surface area contributed by atoms with Crippen molar-refractivity contribution in [2.24, 2.45) is 5.73 Å². The molecule has 0 aliphatic heterocycles. The predicted molar refractivity (Wildman–Crippen MR) is 61.8 cm³/mol. The van der Waals surface area contributed by atoms with E-state index in [0.717, 1.165) is 18.2 Å². The summed E-state index contributed by atoms with van der Waals surface area (Å²) in [5.41, 5.74) is 4.29. The van der Waals surface area contributed by atoms with Gasteiger partial charge in [0.15, 0.2) is 9.84 Å². The molecule has 0 spiro atoms. The maximum Gasteiger partial charge on any atom is 0.416 e. The molecule has 1 unspecified atom stereocenters. The molecule has 1 aromatic carbocycles. The van der Waals surface area contributed by atoms with E-state index in [-0.39, 0.29) is 17.9 Å². The van der Waals surface area contributed by atoms with Crippen molar-refractivity contribution >= 4 is 9.84 Å². The average molecular weight is 281 g/mol. The number of halogens is 3. The summed E-state index contributed by atoms with van der Waals surface area (Å²) < 4.78 is 61.4. The van der Waals surface area contributed by atoms with Crippen LogP contribution in [0.4, 0.5) is 13.2 Å². The van der Waals surface area contributed by atoms with Crippen molar-refractivity contribution in [1.29, 1.82) is 0 Å². The molecule has 0 saturated heterocycles. The van der Waals surface area contributed by atoms with Gasteiger partial charge >= 0.3 is 6.18 Å². The van der Waals surface area contributed by atoms with Crippen molar-refractivity contribution in [2.45, 2.75) is 29.7 Å². The molecule has 2 N–H and O–H groups in total. The summed E-state index contributed by atoms with van der Waals surface area (Å²) in [5.74, 6) is 0. The highest BCUT2D eigenvalue weighted by molar-refractivity contribution is 7.92. The Morgan fingerprint density at radius 1 is 1.33 bits per heavy atom. The second kappa shape index (κ2) is 5.27. The van der Waals surface area contributed by atoms with Crippen LogP contribution in [-0.4, -0.2) is 20.2 Å². The van der Waals surface area contributed by atoms with E-state index >= 15 is 0 Å². The molecule has 0 amide bonds. The zero-order chi connectivity index (χ0) is 14.0. The third kappa shape index (κ3) is 3.23.